The van der Waals surface area contributed by atoms with Gasteiger partial charge in [-0.05, 0) is 18.2 Å². The summed E-state index contributed by atoms with van der Waals surface area (Å²) in [6.45, 7) is 1.60. The van der Waals surface area contributed by atoms with Gasteiger partial charge in [-0.25, -0.2) is 9.55 Å². The molecule has 0 aliphatic heterocycles. The summed E-state index contributed by atoms with van der Waals surface area (Å²) in [6, 6.07) is 5.85. The largest absolute Gasteiger partial charge is 0.494 e. The van der Waals surface area contributed by atoms with Gasteiger partial charge in [-0.1, -0.05) is 18.2 Å². The van der Waals surface area contributed by atoms with Gasteiger partial charge in [-0.3, -0.25) is 0 Å². The number of nitrogens with zero attached hydrogens (tertiary/aromatic N) is 3. The number of aliphatic hydroxyl groups excluding tert-OH is 1. The van der Waals surface area contributed by atoms with Crippen molar-refractivity contribution in [3.63, 3.8) is 0 Å². The van der Waals surface area contributed by atoms with Gasteiger partial charge in [0.25, 0.3) is 0 Å². The fraction of sp³-hybridized carbons (Fsp3) is 0.176. The Hall–Kier alpha value is -2.82. The highest BCUT2D eigenvalue weighted by Gasteiger charge is 2.07. The highest BCUT2D eigenvalue weighted by atomic mass is 16.3. The second-order valence-corrected chi connectivity index (χ2v) is 5.05. The zero-order valence-corrected chi connectivity index (χ0v) is 12.3. The van der Waals surface area contributed by atoms with Crippen LogP contribution in [0.25, 0.3) is 5.82 Å². The maximum absolute atomic E-state index is 9.85. The fourth-order valence-corrected chi connectivity index (χ4v) is 2.27. The minimum atomic E-state index is 0.237. The normalized spacial score (nSPS) is 12.8. The van der Waals surface area contributed by atoms with Crippen LogP contribution < -0.4 is 9.88 Å². The molecule has 0 fully saturated rings. The molecule has 2 aromatic rings. The van der Waals surface area contributed by atoms with Crippen molar-refractivity contribution in [3.05, 3.63) is 78.9 Å². The van der Waals surface area contributed by atoms with E-state index in [1.54, 1.807) is 6.20 Å². The highest BCUT2D eigenvalue weighted by molar-refractivity contribution is 5.41. The van der Waals surface area contributed by atoms with Gasteiger partial charge in [0.05, 0.1) is 6.54 Å². The van der Waals surface area contributed by atoms with Gasteiger partial charge in [0, 0.05) is 30.8 Å². The molecule has 0 saturated carbocycles. The summed E-state index contributed by atoms with van der Waals surface area (Å²) in [5, 5.41) is 12.9. The van der Waals surface area contributed by atoms with E-state index in [1.807, 2.05) is 65.8 Å². The molecule has 2 heterocycles. The molecule has 2 N–H and O–H groups in total. The van der Waals surface area contributed by atoms with Gasteiger partial charge in [-0.15, -0.1) is 0 Å². The van der Waals surface area contributed by atoms with Crippen molar-refractivity contribution < 1.29 is 9.67 Å². The number of aliphatic hydroxyl groups is 1. The van der Waals surface area contributed by atoms with E-state index in [9.17, 15) is 5.11 Å². The first-order chi connectivity index (χ1) is 10.8. The van der Waals surface area contributed by atoms with Crippen molar-refractivity contribution in [2.24, 2.45) is 0 Å². The molecule has 5 heteroatoms. The molecular weight excluding hydrogens is 276 g/mol. The minimum absolute atomic E-state index is 0.237. The van der Waals surface area contributed by atoms with Crippen molar-refractivity contribution in [2.45, 2.75) is 13.0 Å². The molecule has 112 valence electrons. The van der Waals surface area contributed by atoms with Gasteiger partial charge in [0.2, 0.25) is 12.1 Å². The molecule has 0 radical (unpaired) electrons. The Balaban J connectivity index is 1.49. The molecule has 22 heavy (non-hydrogen) atoms. The molecule has 0 aromatic carbocycles. The Morgan fingerprint density at radius 1 is 1.27 bits per heavy atom. The summed E-state index contributed by atoms with van der Waals surface area (Å²) in [6.07, 6.45) is 16.3. The number of rotatable bonds is 6. The molecule has 0 spiro atoms. The standard InChI is InChI=1S/C17H18N4O/c22-17(15-6-1-2-7-15)19-10-5-11-20-12-13-21(14-20)16-8-3-4-9-18-16/h1-4,6-9,12-14,19H,5,10-11H2/p+1. The predicted octanol–water partition coefficient (Wildman–Crippen LogP) is 2.04. The Morgan fingerprint density at radius 3 is 2.91 bits per heavy atom. The first kappa shape index (κ1) is 14.1. The third-order valence-corrected chi connectivity index (χ3v) is 3.43. The van der Waals surface area contributed by atoms with Crippen LogP contribution in [0.3, 0.4) is 0 Å². The van der Waals surface area contributed by atoms with Crippen LogP contribution in [-0.2, 0) is 6.54 Å². The molecule has 1 aliphatic carbocycles. The van der Waals surface area contributed by atoms with E-state index in [-0.39, 0.29) is 5.88 Å². The van der Waals surface area contributed by atoms with Gasteiger partial charge >= 0.3 is 0 Å². The van der Waals surface area contributed by atoms with E-state index in [4.69, 9.17) is 0 Å². The molecule has 0 amide bonds. The first-order valence-corrected chi connectivity index (χ1v) is 7.33. The lowest BCUT2D eigenvalue weighted by molar-refractivity contribution is -0.696. The highest BCUT2D eigenvalue weighted by Crippen LogP contribution is 2.09. The maximum atomic E-state index is 9.85. The van der Waals surface area contributed by atoms with Crippen LogP contribution in [0.15, 0.2) is 78.9 Å². The van der Waals surface area contributed by atoms with Crippen LogP contribution in [0, 0.1) is 0 Å². The summed E-state index contributed by atoms with van der Waals surface area (Å²) < 4.78 is 4.09. The van der Waals surface area contributed by atoms with Crippen LogP contribution in [0.4, 0.5) is 0 Å². The lowest BCUT2D eigenvalue weighted by Gasteiger charge is -2.05. The lowest BCUT2D eigenvalue weighted by atomic mass is 10.3. The molecule has 0 bridgehead atoms. The van der Waals surface area contributed by atoms with Crippen molar-refractivity contribution in [3.8, 4) is 5.82 Å². The molecule has 3 rings (SSSR count). The smallest absolute Gasteiger partial charge is 0.250 e. The Morgan fingerprint density at radius 2 is 2.14 bits per heavy atom. The van der Waals surface area contributed by atoms with Gasteiger partial charge < -0.3 is 10.4 Å². The number of aromatic nitrogens is 3. The summed E-state index contributed by atoms with van der Waals surface area (Å²) in [5.41, 5.74) is 0.828. The van der Waals surface area contributed by atoms with E-state index in [1.165, 1.54) is 0 Å². The Bertz CT molecular complexity index is 699. The fourth-order valence-electron chi connectivity index (χ4n) is 2.27. The molecule has 0 atom stereocenters. The average Bonchev–Trinajstić information content (AvgIpc) is 3.24. The van der Waals surface area contributed by atoms with Crippen LogP contribution >= 0.6 is 0 Å². The van der Waals surface area contributed by atoms with E-state index in [0.717, 1.165) is 30.9 Å². The number of imidazole rings is 1. The van der Waals surface area contributed by atoms with Gasteiger partial charge in [0.15, 0.2) is 5.88 Å². The minimum Gasteiger partial charge on any atom is -0.494 e. The molecule has 0 unspecified atom stereocenters. The third kappa shape index (κ3) is 3.44. The monoisotopic (exact) mass is 295 g/mol. The third-order valence-electron chi connectivity index (χ3n) is 3.43. The maximum Gasteiger partial charge on any atom is 0.250 e. The number of hydrogen-bond acceptors (Lipinski definition) is 3. The van der Waals surface area contributed by atoms with Gasteiger partial charge in [0.1, 0.15) is 12.4 Å². The number of hydrogen-bond donors (Lipinski definition) is 2. The average molecular weight is 295 g/mol. The van der Waals surface area contributed by atoms with E-state index in [0.29, 0.717) is 0 Å². The number of nitrogens with one attached hydrogen (secondary N) is 1. The molecule has 0 saturated heterocycles. The number of pyridine rings is 1. The predicted molar refractivity (Wildman–Crippen MR) is 84.3 cm³/mol. The van der Waals surface area contributed by atoms with Crippen LogP contribution in [0.5, 0.6) is 0 Å². The van der Waals surface area contributed by atoms with E-state index >= 15 is 0 Å². The Labute approximate surface area is 129 Å². The van der Waals surface area contributed by atoms with Crippen LogP contribution in [-0.4, -0.2) is 21.2 Å². The van der Waals surface area contributed by atoms with Crippen LogP contribution in [0.1, 0.15) is 6.42 Å². The topological polar surface area (TPSA) is 54.0 Å². The lowest BCUT2D eigenvalue weighted by Crippen LogP contribution is -2.33. The Kier molecular flexibility index (Phi) is 4.34. The van der Waals surface area contributed by atoms with Crippen molar-refractivity contribution in [1.82, 2.24) is 14.9 Å². The summed E-state index contributed by atoms with van der Waals surface area (Å²) in [4.78, 5) is 4.31. The molecule has 5 nitrogen and oxygen atoms in total. The number of allylic oxidation sites excluding steroid dienone is 5. The van der Waals surface area contributed by atoms with Gasteiger partial charge in [-0.2, -0.15) is 4.57 Å². The number of aryl methyl sites for hydroxylation is 1. The zero-order valence-electron chi connectivity index (χ0n) is 12.3. The van der Waals surface area contributed by atoms with E-state index in [2.05, 4.69) is 14.9 Å². The second kappa shape index (κ2) is 6.76. The SMILES string of the molecule is OC(NCCC[n+]1ccn(-c2ccccn2)c1)=C1C=CC=C1. The van der Waals surface area contributed by atoms with Crippen LogP contribution in [0.2, 0.25) is 0 Å². The van der Waals surface area contributed by atoms with Crippen molar-refractivity contribution in [2.75, 3.05) is 6.54 Å². The zero-order chi connectivity index (χ0) is 15.2. The molecule has 2 aromatic heterocycles. The summed E-state index contributed by atoms with van der Waals surface area (Å²) >= 11 is 0. The van der Waals surface area contributed by atoms with E-state index < -0.39 is 0 Å². The summed E-state index contributed by atoms with van der Waals surface area (Å²) in [7, 11) is 0. The first-order valence-electron chi connectivity index (χ1n) is 7.33. The molecular formula is C17H19N4O+. The quantitative estimate of drug-likeness (QED) is 0.487. The van der Waals surface area contributed by atoms with Crippen molar-refractivity contribution >= 4 is 0 Å². The summed E-state index contributed by atoms with van der Waals surface area (Å²) in [5.74, 6) is 1.14. The second-order valence-electron chi connectivity index (χ2n) is 5.05. The molecule has 1 aliphatic rings. The van der Waals surface area contributed by atoms with Crippen molar-refractivity contribution in [1.29, 1.82) is 0 Å².